The van der Waals surface area contributed by atoms with Gasteiger partial charge in [-0.2, -0.15) is 0 Å². The van der Waals surface area contributed by atoms with Crippen LogP contribution in [0.15, 0.2) is 53.7 Å². The number of carbonyl (C=O) groups is 1. The molecule has 1 amide bonds. The molecule has 1 aromatic heterocycles. The van der Waals surface area contributed by atoms with E-state index in [0.29, 0.717) is 22.3 Å². The van der Waals surface area contributed by atoms with Gasteiger partial charge in [-0.15, -0.1) is 10.2 Å². The molecule has 2 aromatic carbocycles. The summed E-state index contributed by atoms with van der Waals surface area (Å²) in [5.74, 6) is 0.748. The van der Waals surface area contributed by atoms with Crippen LogP contribution >= 0.6 is 11.8 Å². The first kappa shape index (κ1) is 20.5. The highest BCUT2D eigenvalue weighted by Crippen LogP contribution is 2.27. The first-order chi connectivity index (χ1) is 14.0. The van der Waals surface area contributed by atoms with Crippen molar-refractivity contribution in [2.45, 2.75) is 30.7 Å². The van der Waals surface area contributed by atoms with Gasteiger partial charge in [0.15, 0.2) is 5.16 Å². The second-order valence-corrected chi connectivity index (χ2v) is 7.31. The van der Waals surface area contributed by atoms with Gasteiger partial charge in [0.2, 0.25) is 5.91 Å². The van der Waals surface area contributed by atoms with Crippen molar-refractivity contribution in [1.82, 2.24) is 14.8 Å². The molecular weight excluding hydrogens is 390 g/mol. The maximum Gasteiger partial charge on any atom is 0.273 e. The molecule has 8 nitrogen and oxygen atoms in total. The number of anilines is 1. The fraction of sp³-hybridized carbons (Fsp3) is 0.250. The van der Waals surface area contributed by atoms with E-state index in [-0.39, 0.29) is 18.0 Å². The summed E-state index contributed by atoms with van der Waals surface area (Å²) in [5.41, 5.74) is 2.56. The highest BCUT2D eigenvalue weighted by Gasteiger charge is 2.17. The normalized spacial score (nSPS) is 10.7. The first-order valence-electron chi connectivity index (χ1n) is 9.10. The lowest BCUT2D eigenvalue weighted by atomic mass is 10.1. The van der Waals surface area contributed by atoms with Crippen LogP contribution in [0.25, 0.3) is 0 Å². The third-order valence-electron chi connectivity index (χ3n) is 4.46. The molecular formula is C20H21N5O3S. The van der Waals surface area contributed by atoms with Gasteiger partial charge >= 0.3 is 0 Å². The van der Waals surface area contributed by atoms with Crippen LogP contribution in [-0.4, -0.2) is 25.6 Å². The van der Waals surface area contributed by atoms with E-state index in [0.717, 1.165) is 17.7 Å². The number of thioether (sulfide) groups is 1. The lowest BCUT2D eigenvalue weighted by molar-refractivity contribution is -0.385. The van der Waals surface area contributed by atoms with Crippen LogP contribution in [-0.2, 0) is 30.4 Å². The molecule has 1 heterocycles. The monoisotopic (exact) mass is 411 g/mol. The van der Waals surface area contributed by atoms with E-state index in [1.165, 1.54) is 17.8 Å². The van der Waals surface area contributed by atoms with Gasteiger partial charge in [-0.3, -0.25) is 14.9 Å². The Bertz CT molecular complexity index is 1030. The summed E-state index contributed by atoms with van der Waals surface area (Å²) in [7, 11) is 1.78. The van der Waals surface area contributed by atoms with Crippen LogP contribution in [0.1, 0.15) is 23.9 Å². The van der Waals surface area contributed by atoms with E-state index in [4.69, 9.17) is 0 Å². The minimum absolute atomic E-state index is 0.0800. The number of nitrogens with zero attached hydrogens (tertiary/aromatic N) is 4. The second kappa shape index (κ2) is 9.33. The van der Waals surface area contributed by atoms with Crippen molar-refractivity contribution >= 4 is 29.0 Å². The zero-order valence-corrected chi connectivity index (χ0v) is 17.0. The van der Waals surface area contributed by atoms with Gasteiger partial charge in [-0.05, 0) is 18.1 Å². The molecule has 0 radical (unpaired) electrons. The van der Waals surface area contributed by atoms with Crippen LogP contribution in [0.4, 0.5) is 11.4 Å². The molecule has 0 aliphatic rings. The van der Waals surface area contributed by atoms with Crippen LogP contribution in [0.2, 0.25) is 0 Å². The Labute approximate surface area is 172 Å². The predicted octanol–water partition coefficient (Wildman–Crippen LogP) is 3.76. The van der Waals surface area contributed by atoms with E-state index in [1.807, 2.05) is 31.2 Å². The van der Waals surface area contributed by atoms with Crippen LogP contribution < -0.4 is 5.32 Å². The quantitative estimate of drug-likeness (QED) is 0.344. The van der Waals surface area contributed by atoms with E-state index < -0.39 is 4.92 Å². The van der Waals surface area contributed by atoms with Gasteiger partial charge in [-0.25, -0.2) is 0 Å². The average Bonchev–Trinajstić information content (AvgIpc) is 3.06. The molecule has 9 heteroatoms. The second-order valence-electron chi connectivity index (χ2n) is 6.37. The van der Waals surface area contributed by atoms with Crippen molar-refractivity contribution in [2.24, 2.45) is 7.05 Å². The van der Waals surface area contributed by atoms with Crippen molar-refractivity contribution in [3.8, 4) is 0 Å². The number of para-hydroxylation sites is 2. The van der Waals surface area contributed by atoms with Crippen molar-refractivity contribution < 1.29 is 9.72 Å². The Morgan fingerprint density at radius 2 is 1.83 bits per heavy atom. The van der Waals surface area contributed by atoms with Crippen molar-refractivity contribution in [1.29, 1.82) is 0 Å². The molecule has 0 aliphatic carbocycles. The number of nitro benzene ring substituents is 1. The minimum atomic E-state index is -0.392. The summed E-state index contributed by atoms with van der Waals surface area (Å²) in [4.78, 5) is 23.2. The Morgan fingerprint density at radius 1 is 1.14 bits per heavy atom. The van der Waals surface area contributed by atoms with Gasteiger partial charge in [-0.1, -0.05) is 55.1 Å². The number of benzene rings is 2. The smallest absolute Gasteiger partial charge is 0.273 e. The van der Waals surface area contributed by atoms with Crippen molar-refractivity contribution in [3.63, 3.8) is 0 Å². The lowest BCUT2D eigenvalue weighted by Gasteiger charge is -2.09. The molecule has 0 aliphatic heterocycles. The summed E-state index contributed by atoms with van der Waals surface area (Å²) < 4.78 is 1.74. The number of amides is 1. The molecule has 0 atom stereocenters. The van der Waals surface area contributed by atoms with Crippen LogP contribution in [0.5, 0.6) is 0 Å². The number of hydrogen-bond acceptors (Lipinski definition) is 6. The van der Waals surface area contributed by atoms with Crippen LogP contribution in [0.3, 0.4) is 0 Å². The average molecular weight is 411 g/mol. The number of aromatic nitrogens is 3. The molecule has 3 rings (SSSR count). The standard InChI is InChI=1S/C20H21N5O3S/c1-3-14-8-4-6-10-16(14)21-19(26)12-18-22-23-20(24(18)2)29-13-15-9-5-7-11-17(15)25(27)28/h4-11H,3,12-13H2,1-2H3,(H,21,26). The largest absolute Gasteiger partial charge is 0.325 e. The van der Waals surface area contributed by atoms with E-state index in [9.17, 15) is 14.9 Å². The van der Waals surface area contributed by atoms with Crippen LogP contribution in [0, 0.1) is 10.1 Å². The fourth-order valence-corrected chi connectivity index (χ4v) is 3.79. The van der Waals surface area contributed by atoms with E-state index in [1.54, 1.807) is 29.8 Å². The first-order valence-corrected chi connectivity index (χ1v) is 10.1. The van der Waals surface area contributed by atoms with Crippen molar-refractivity contribution in [3.05, 3.63) is 75.6 Å². The minimum Gasteiger partial charge on any atom is -0.325 e. The number of carbonyl (C=O) groups excluding carboxylic acids is 1. The maximum atomic E-state index is 12.4. The molecule has 0 bridgehead atoms. The molecule has 0 unspecified atom stereocenters. The van der Waals surface area contributed by atoms with Gasteiger partial charge in [0, 0.05) is 30.1 Å². The van der Waals surface area contributed by atoms with Crippen molar-refractivity contribution in [2.75, 3.05) is 5.32 Å². The Kier molecular flexibility index (Phi) is 6.61. The number of aryl methyl sites for hydroxylation is 1. The lowest BCUT2D eigenvalue weighted by Crippen LogP contribution is -2.17. The molecule has 0 spiro atoms. The van der Waals surface area contributed by atoms with E-state index in [2.05, 4.69) is 15.5 Å². The number of nitrogens with one attached hydrogen (secondary N) is 1. The summed E-state index contributed by atoms with van der Waals surface area (Å²) >= 11 is 1.34. The van der Waals surface area contributed by atoms with E-state index >= 15 is 0 Å². The Morgan fingerprint density at radius 3 is 2.55 bits per heavy atom. The molecule has 150 valence electrons. The number of rotatable bonds is 8. The third-order valence-corrected chi connectivity index (χ3v) is 5.53. The zero-order chi connectivity index (χ0) is 20.8. The molecule has 3 aromatic rings. The highest BCUT2D eigenvalue weighted by molar-refractivity contribution is 7.98. The molecule has 0 saturated carbocycles. The summed E-state index contributed by atoms with van der Waals surface area (Å²) in [6.07, 6.45) is 0.917. The topological polar surface area (TPSA) is 103 Å². The summed E-state index contributed by atoms with van der Waals surface area (Å²) in [6, 6.07) is 14.3. The summed E-state index contributed by atoms with van der Waals surface area (Å²) in [5, 5.41) is 22.9. The van der Waals surface area contributed by atoms with Gasteiger partial charge < -0.3 is 9.88 Å². The Balaban J connectivity index is 1.65. The van der Waals surface area contributed by atoms with Gasteiger partial charge in [0.1, 0.15) is 5.82 Å². The summed E-state index contributed by atoms with van der Waals surface area (Å²) in [6.45, 7) is 2.04. The SMILES string of the molecule is CCc1ccccc1NC(=O)Cc1nnc(SCc2ccccc2[N+](=O)[O-])n1C. The predicted molar refractivity (Wildman–Crippen MR) is 112 cm³/mol. The van der Waals surface area contributed by atoms with Gasteiger partial charge in [0.25, 0.3) is 5.69 Å². The fourth-order valence-electron chi connectivity index (χ4n) is 2.87. The maximum absolute atomic E-state index is 12.4. The molecule has 29 heavy (non-hydrogen) atoms. The number of hydrogen-bond donors (Lipinski definition) is 1. The van der Waals surface area contributed by atoms with Gasteiger partial charge in [0.05, 0.1) is 11.3 Å². The third kappa shape index (κ3) is 5.00. The molecule has 0 fully saturated rings. The Hall–Kier alpha value is -3.20. The molecule has 1 N–H and O–H groups in total. The molecule has 0 saturated heterocycles. The highest BCUT2D eigenvalue weighted by atomic mass is 32.2. The number of nitro groups is 1. The zero-order valence-electron chi connectivity index (χ0n) is 16.2.